The van der Waals surface area contributed by atoms with Gasteiger partial charge < -0.3 is 15.3 Å². The molecular formula is C16H30N2O2. The summed E-state index contributed by atoms with van der Waals surface area (Å²) in [5, 5.41) is 12.7. The summed E-state index contributed by atoms with van der Waals surface area (Å²) in [5.41, 5.74) is -0.668. The summed E-state index contributed by atoms with van der Waals surface area (Å²) in [6, 6.07) is 0. The number of carboxylic acids is 1. The lowest BCUT2D eigenvalue weighted by molar-refractivity contribution is -0.146. The van der Waals surface area contributed by atoms with E-state index in [0.717, 1.165) is 38.1 Å². The molecule has 3 unspecified atom stereocenters. The van der Waals surface area contributed by atoms with Crippen LogP contribution in [0.3, 0.4) is 0 Å². The van der Waals surface area contributed by atoms with Crippen molar-refractivity contribution < 1.29 is 9.90 Å². The van der Waals surface area contributed by atoms with E-state index in [1.807, 2.05) is 0 Å². The fourth-order valence-corrected chi connectivity index (χ4v) is 4.07. The van der Waals surface area contributed by atoms with Gasteiger partial charge in [-0.25, -0.2) is 0 Å². The highest BCUT2D eigenvalue weighted by atomic mass is 16.4. The van der Waals surface area contributed by atoms with Gasteiger partial charge in [0, 0.05) is 0 Å². The van der Waals surface area contributed by atoms with Crippen molar-refractivity contribution in [2.75, 3.05) is 26.7 Å². The average Bonchev–Trinajstić information content (AvgIpc) is 2.74. The third-order valence-corrected chi connectivity index (χ3v) is 5.55. The second kappa shape index (κ2) is 6.90. The summed E-state index contributed by atoms with van der Waals surface area (Å²) >= 11 is 0. The van der Waals surface area contributed by atoms with Gasteiger partial charge in [0.1, 0.15) is 5.54 Å². The van der Waals surface area contributed by atoms with Crippen LogP contribution in [0.25, 0.3) is 0 Å². The van der Waals surface area contributed by atoms with E-state index >= 15 is 0 Å². The molecule has 2 N–H and O–H groups in total. The predicted octanol–water partition coefficient (Wildman–Crippen LogP) is 2.34. The third-order valence-electron chi connectivity index (χ3n) is 5.55. The molecule has 2 rings (SSSR count). The van der Waals surface area contributed by atoms with Crippen LogP contribution in [0.4, 0.5) is 0 Å². The van der Waals surface area contributed by atoms with Gasteiger partial charge in [-0.15, -0.1) is 0 Å². The first-order chi connectivity index (χ1) is 9.58. The highest BCUT2D eigenvalue weighted by molar-refractivity contribution is 5.79. The van der Waals surface area contributed by atoms with Crippen molar-refractivity contribution in [3.8, 4) is 0 Å². The van der Waals surface area contributed by atoms with E-state index in [4.69, 9.17) is 0 Å². The SMILES string of the molecule is CNC1(C(=O)O)CCCC1CCN1CCCC(C)CC1. The van der Waals surface area contributed by atoms with Gasteiger partial charge in [0.15, 0.2) is 0 Å². The molecule has 0 radical (unpaired) electrons. The highest BCUT2D eigenvalue weighted by Gasteiger charge is 2.47. The van der Waals surface area contributed by atoms with E-state index in [1.165, 1.54) is 32.4 Å². The molecule has 0 aromatic rings. The Morgan fingerprint density at radius 3 is 2.80 bits per heavy atom. The molecule has 2 aliphatic rings. The Kier molecular flexibility index (Phi) is 5.44. The summed E-state index contributed by atoms with van der Waals surface area (Å²) < 4.78 is 0. The van der Waals surface area contributed by atoms with Crippen molar-refractivity contribution in [2.45, 2.75) is 57.4 Å². The first-order valence-corrected chi connectivity index (χ1v) is 8.23. The summed E-state index contributed by atoms with van der Waals surface area (Å²) in [6.07, 6.45) is 7.81. The van der Waals surface area contributed by atoms with Gasteiger partial charge in [0.2, 0.25) is 0 Å². The van der Waals surface area contributed by atoms with Crippen LogP contribution >= 0.6 is 0 Å². The Morgan fingerprint density at radius 2 is 2.10 bits per heavy atom. The molecular weight excluding hydrogens is 252 g/mol. The van der Waals surface area contributed by atoms with Gasteiger partial charge >= 0.3 is 5.97 Å². The van der Waals surface area contributed by atoms with Gasteiger partial charge in [-0.05, 0) is 77.0 Å². The molecule has 4 nitrogen and oxygen atoms in total. The van der Waals surface area contributed by atoms with Crippen molar-refractivity contribution in [3.63, 3.8) is 0 Å². The molecule has 0 spiro atoms. The minimum atomic E-state index is -0.668. The van der Waals surface area contributed by atoms with Crippen LogP contribution in [0.1, 0.15) is 51.9 Å². The Hall–Kier alpha value is -0.610. The lowest BCUT2D eigenvalue weighted by Gasteiger charge is -2.32. The quantitative estimate of drug-likeness (QED) is 0.812. The topological polar surface area (TPSA) is 52.6 Å². The number of nitrogens with one attached hydrogen (secondary N) is 1. The number of nitrogens with zero attached hydrogens (tertiary/aromatic N) is 1. The molecule has 3 atom stereocenters. The molecule has 2 fully saturated rings. The maximum atomic E-state index is 11.6. The fraction of sp³-hybridized carbons (Fsp3) is 0.938. The number of aliphatic carboxylic acids is 1. The van der Waals surface area contributed by atoms with Gasteiger partial charge in [-0.2, -0.15) is 0 Å². The summed E-state index contributed by atoms with van der Waals surface area (Å²) in [7, 11) is 1.81. The largest absolute Gasteiger partial charge is 0.480 e. The van der Waals surface area contributed by atoms with Crippen molar-refractivity contribution in [2.24, 2.45) is 11.8 Å². The van der Waals surface area contributed by atoms with Crippen LogP contribution in [-0.4, -0.2) is 48.2 Å². The maximum absolute atomic E-state index is 11.6. The lowest BCUT2D eigenvalue weighted by Crippen LogP contribution is -2.53. The van der Waals surface area contributed by atoms with Crippen molar-refractivity contribution in [1.82, 2.24) is 10.2 Å². The van der Waals surface area contributed by atoms with Crippen molar-refractivity contribution >= 4 is 5.97 Å². The molecule has 0 amide bonds. The number of hydrogen-bond acceptors (Lipinski definition) is 3. The Morgan fingerprint density at radius 1 is 1.30 bits per heavy atom. The smallest absolute Gasteiger partial charge is 0.324 e. The van der Waals surface area contributed by atoms with Gasteiger partial charge in [0.05, 0.1) is 0 Å². The minimum absolute atomic E-state index is 0.283. The Balaban J connectivity index is 1.87. The van der Waals surface area contributed by atoms with E-state index in [9.17, 15) is 9.90 Å². The maximum Gasteiger partial charge on any atom is 0.324 e. The normalized spacial score (nSPS) is 35.9. The van der Waals surface area contributed by atoms with Crippen LogP contribution in [0.15, 0.2) is 0 Å². The molecule has 1 aliphatic carbocycles. The molecule has 4 heteroatoms. The fourth-order valence-electron chi connectivity index (χ4n) is 4.07. The van der Waals surface area contributed by atoms with E-state index in [1.54, 1.807) is 7.05 Å². The third kappa shape index (κ3) is 3.34. The van der Waals surface area contributed by atoms with E-state index in [-0.39, 0.29) is 5.92 Å². The molecule has 116 valence electrons. The Labute approximate surface area is 122 Å². The second-order valence-corrected chi connectivity index (χ2v) is 6.78. The molecule has 1 aliphatic heterocycles. The molecule has 1 saturated heterocycles. The van der Waals surface area contributed by atoms with Crippen LogP contribution in [0.2, 0.25) is 0 Å². The number of rotatable bonds is 5. The van der Waals surface area contributed by atoms with Gasteiger partial charge in [0.25, 0.3) is 0 Å². The van der Waals surface area contributed by atoms with E-state index in [0.29, 0.717) is 0 Å². The predicted molar refractivity (Wildman–Crippen MR) is 80.8 cm³/mol. The zero-order valence-electron chi connectivity index (χ0n) is 13.0. The van der Waals surface area contributed by atoms with Gasteiger partial charge in [-0.3, -0.25) is 4.79 Å². The number of carbonyl (C=O) groups is 1. The number of likely N-dealkylation sites (N-methyl/N-ethyl adjacent to an activating group) is 1. The standard InChI is InChI=1S/C16H30N2O2/c1-13-5-4-10-18(11-7-13)12-8-14-6-3-9-16(14,17-2)15(19)20/h13-14,17H,3-12H2,1-2H3,(H,19,20). The summed E-state index contributed by atoms with van der Waals surface area (Å²) in [5.74, 6) is 0.472. The van der Waals surface area contributed by atoms with E-state index < -0.39 is 11.5 Å². The first-order valence-electron chi connectivity index (χ1n) is 8.23. The molecule has 1 heterocycles. The zero-order valence-corrected chi connectivity index (χ0v) is 13.0. The monoisotopic (exact) mass is 282 g/mol. The summed E-state index contributed by atoms with van der Waals surface area (Å²) in [4.78, 5) is 14.2. The molecule has 0 bridgehead atoms. The Bertz CT molecular complexity index is 334. The molecule has 20 heavy (non-hydrogen) atoms. The number of likely N-dealkylation sites (tertiary alicyclic amines) is 1. The number of carboxylic acid groups (broad SMARTS) is 1. The van der Waals surface area contributed by atoms with Gasteiger partial charge in [-0.1, -0.05) is 13.3 Å². The van der Waals surface area contributed by atoms with Crippen molar-refractivity contribution in [3.05, 3.63) is 0 Å². The zero-order chi connectivity index (χ0) is 14.6. The highest BCUT2D eigenvalue weighted by Crippen LogP contribution is 2.38. The van der Waals surface area contributed by atoms with Crippen LogP contribution in [-0.2, 0) is 4.79 Å². The minimum Gasteiger partial charge on any atom is -0.480 e. The number of hydrogen-bond donors (Lipinski definition) is 2. The van der Waals surface area contributed by atoms with Crippen LogP contribution < -0.4 is 5.32 Å². The molecule has 0 aromatic carbocycles. The van der Waals surface area contributed by atoms with E-state index in [2.05, 4.69) is 17.1 Å². The van der Waals surface area contributed by atoms with Crippen molar-refractivity contribution in [1.29, 1.82) is 0 Å². The first kappa shape index (κ1) is 15.8. The van der Waals surface area contributed by atoms with Crippen LogP contribution in [0.5, 0.6) is 0 Å². The average molecular weight is 282 g/mol. The molecule has 1 saturated carbocycles. The summed E-state index contributed by atoms with van der Waals surface area (Å²) in [6.45, 7) is 5.79. The van der Waals surface area contributed by atoms with Crippen LogP contribution in [0, 0.1) is 11.8 Å². The molecule has 0 aromatic heterocycles. The second-order valence-electron chi connectivity index (χ2n) is 6.78. The lowest BCUT2D eigenvalue weighted by atomic mass is 9.84.